The Morgan fingerprint density at radius 3 is 2.29 bits per heavy atom. The second-order valence-electron chi connectivity index (χ2n) is 8.84. The zero-order valence-corrected chi connectivity index (χ0v) is 22.6. The van der Waals surface area contributed by atoms with Crippen molar-refractivity contribution in [1.82, 2.24) is 5.32 Å². The van der Waals surface area contributed by atoms with Gasteiger partial charge in [-0.15, -0.1) is 10.1 Å². The second kappa shape index (κ2) is 30.1. The minimum Gasteiger partial charge on any atom is -0.378 e. The Bertz CT molecular complexity index is 508. The number of carbonyl (C=O) groups is 2. The van der Waals surface area contributed by atoms with Crippen LogP contribution in [0.25, 0.3) is 0 Å². The molecule has 0 aromatic rings. The molecule has 0 aromatic carbocycles. The van der Waals surface area contributed by atoms with Gasteiger partial charge in [0.2, 0.25) is 6.41 Å². The third-order valence-electron chi connectivity index (χ3n) is 5.72. The zero-order chi connectivity index (χ0) is 26.4. The summed E-state index contributed by atoms with van der Waals surface area (Å²) in [7, 11) is 0. The van der Waals surface area contributed by atoms with Crippen LogP contribution in [0.4, 0.5) is 0 Å². The first-order valence-electron chi connectivity index (χ1n) is 13.7. The molecule has 0 spiro atoms. The number of Topliss-reactive ketones (excluding diaryl/α,β-unsaturated/α-hetero) is 1. The summed E-state index contributed by atoms with van der Waals surface area (Å²) in [5.41, 5.74) is 0. The third-order valence-corrected chi connectivity index (χ3v) is 5.72. The Hall–Kier alpha value is -1.96. The molecule has 0 bridgehead atoms. The Kier molecular flexibility index (Phi) is 30.2. The smallest absolute Gasteiger partial charge is 0.294 e. The van der Waals surface area contributed by atoms with Crippen molar-refractivity contribution in [2.24, 2.45) is 5.92 Å². The fourth-order valence-electron chi connectivity index (χ4n) is 3.67. The molecule has 1 aliphatic carbocycles. The van der Waals surface area contributed by atoms with E-state index in [1.165, 1.54) is 77.0 Å². The maximum atomic E-state index is 11.6. The number of ether oxygens (including phenoxy) is 1. The van der Waals surface area contributed by atoms with E-state index in [0.717, 1.165) is 25.2 Å². The predicted molar refractivity (Wildman–Crippen MR) is 142 cm³/mol. The molecule has 1 aliphatic rings. The Labute approximate surface area is 213 Å². The lowest BCUT2D eigenvalue weighted by molar-refractivity contribution is -0.758. The molecule has 0 aromatic heterocycles. The van der Waals surface area contributed by atoms with E-state index in [0.29, 0.717) is 25.3 Å². The van der Waals surface area contributed by atoms with E-state index in [-0.39, 0.29) is 13.2 Å². The molecular formula is C27H52N2O6. The van der Waals surface area contributed by atoms with Gasteiger partial charge in [-0.3, -0.25) is 9.59 Å². The van der Waals surface area contributed by atoms with E-state index >= 15 is 0 Å². The van der Waals surface area contributed by atoms with Crippen LogP contribution in [-0.2, 0) is 19.2 Å². The van der Waals surface area contributed by atoms with Gasteiger partial charge in [0, 0.05) is 19.4 Å². The molecule has 35 heavy (non-hydrogen) atoms. The number of unbranched alkanes of at least 4 members (excludes halogenated alkanes) is 6. The van der Waals surface area contributed by atoms with Gasteiger partial charge in [0.05, 0.1) is 13.2 Å². The summed E-state index contributed by atoms with van der Waals surface area (Å²) in [4.78, 5) is 34.9. The molecule has 1 amide bonds. The van der Waals surface area contributed by atoms with Gasteiger partial charge in [-0.2, -0.15) is 0 Å². The molecule has 0 radical (unpaired) electrons. The Morgan fingerprint density at radius 1 is 1.00 bits per heavy atom. The molecule has 8 heteroatoms. The maximum Gasteiger partial charge on any atom is 0.294 e. The highest BCUT2D eigenvalue weighted by Crippen LogP contribution is 2.28. The number of rotatable bonds is 20. The first-order chi connectivity index (χ1) is 17.0. The molecule has 206 valence electrons. The standard InChI is InChI=1S/C15H28O.C7H14.C5H10N2O5/c1-2-3-4-5-6-11-15(16)13-12-14-9-7-8-10-14;1-3-5-7-6-4-2;8-5-6-1-2-11-3-4-12-7(9)10/h14H,2-13H2,1H3;3,5H,4,6-7H2,1-2H3;5H,1-4H2,(H,6,8)/b;5-3-;. The van der Waals surface area contributed by atoms with Crippen molar-refractivity contribution in [3.05, 3.63) is 22.3 Å². The average molecular weight is 501 g/mol. The maximum absolute atomic E-state index is 11.6. The number of hydrogen-bond acceptors (Lipinski definition) is 6. The highest BCUT2D eigenvalue weighted by Gasteiger charge is 2.15. The van der Waals surface area contributed by atoms with Crippen molar-refractivity contribution in [2.45, 2.75) is 117 Å². The number of carbonyl (C=O) groups excluding carboxylic acids is 2. The number of ketones is 1. The van der Waals surface area contributed by atoms with Crippen LogP contribution in [0.1, 0.15) is 117 Å². The van der Waals surface area contributed by atoms with E-state index in [2.05, 4.69) is 43.1 Å². The minimum absolute atomic E-state index is 0.0892. The monoisotopic (exact) mass is 500 g/mol. The number of nitrogens with one attached hydrogen (secondary N) is 1. The SMILES string of the molecule is C/C=C\CCCC.CCCCCCCC(=O)CCC1CCCC1.O=CNCCOCCO[N+](=O)[O-]. The van der Waals surface area contributed by atoms with Crippen LogP contribution in [0.5, 0.6) is 0 Å². The van der Waals surface area contributed by atoms with Gasteiger partial charge < -0.3 is 14.9 Å². The van der Waals surface area contributed by atoms with Gasteiger partial charge >= 0.3 is 0 Å². The van der Waals surface area contributed by atoms with E-state index in [1.807, 2.05) is 0 Å². The van der Waals surface area contributed by atoms with Crippen LogP contribution in [-0.4, -0.2) is 43.6 Å². The molecule has 0 unspecified atom stereocenters. The summed E-state index contributed by atoms with van der Waals surface area (Å²) in [6.45, 7) is 7.27. The normalized spacial score (nSPS) is 12.9. The van der Waals surface area contributed by atoms with Gasteiger partial charge in [-0.1, -0.05) is 90.2 Å². The van der Waals surface area contributed by atoms with Crippen molar-refractivity contribution < 1.29 is 24.3 Å². The lowest BCUT2D eigenvalue weighted by Gasteiger charge is -2.07. The second-order valence-corrected chi connectivity index (χ2v) is 8.84. The molecule has 1 fully saturated rings. The van der Waals surface area contributed by atoms with Crippen LogP contribution in [0, 0.1) is 16.0 Å². The minimum atomic E-state index is -0.882. The van der Waals surface area contributed by atoms with Crippen molar-refractivity contribution in [3.63, 3.8) is 0 Å². The van der Waals surface area contributed by atoms with Crippen LogP contribution >= 0.6 is 0 Å². The molecule has 1 saturated carbocycles. The lowest BCUT2D eigenvalue weighted by atomic mass is 9.98. The van der Waals surface area contributed by atoms with Crippen molar-refractivity contribution in [3.8, 4) is 0 Å². The van der Waals surface area contributed by atoms with Gasteiger partial charge in [0.25, 0.3) is 5.09 Å². The Morgan fingerprint density at radius 2 is 1.69 bits per heavy atom. The predicted octanol–water partition coefficient (Wildman–Crippen LogP) is 6.60. The van der Waals surface area contributed by atoms with Gasteiger partial charge in [0.15, 0.2) is 0 Å². The summed E-state index contributed by atoms with van der Waals surface area (Å²) in [5.74, 6) is 1.40. The number of allylic oxidation sites excluding steroid dienone is 2. The van der Waals surface area contributed by atoms with Crippen molar-refractivity contribution in [1.29, 1.82) is 0 Å². The topological polar surface area (TPSA) is 108 Å². The van der Waals surface area contributed by atoms with Gasteiger partial charge in [-0.25, -0.2) is 0 Å². The fraction of sp³-hybridized carbons (Fsp3) is 0.852. The summed E-state index contributed by atoms with van der Waals surface area (Å²) in [6.07, 6.45) is 23.5. The number of nitrogens with zero attached hydrogens (tertiary/aromatic N) is 1. The number of amides is 1. The lowest BCUT2D eigenvalue weighted by Crippen LogP contribution is -2.19. The summed E-state index contributed by atoms with van der Waals surface area (Å²) >= 11 is 0. The molecule has 0 aliphatic heterocycles. The first-order valence-corrected chi connectivity index (χ1v) is 13.7. The molecule has 0 saturated heterocycles. The molecule has 1 rings (SSSR count). The highest BCUT2D eigenvalue weighted by molar-refractivity contribution is 5.78. The van der Waals surface area contributed by atoms with Gasteiger partial charge in [0.1, 0.15) is 12.4 Å². The molecular weight excluding hydrogens is 448 g/mol. The average Bonchev–Trinajstić information content (AvgIpc) is 3.37. The zero-order valence-electron chi connectivity index (χ0n) is 22.6. The van der Waals surface area contributed by atoms with Crippen molar-refractivity contribution in [2.75, 3.05) is 26.4 Å². The molecule has 8 nitrogen and oxygen atoms in total. The molecule has 0 heterocycles. The van der Waals surface area contributed by atoms with Gasteiger partial charge in [-0.05, 0) is 32.1 Å². The van der Waals surface area contributed by atoms with Crippen molar-refractivity contribution >= 4 is 12.2 Å². The third kappa shape index (κ3) is 32.0. The van der Waals surface area contributed by atoms with E-state index in [9.17, 15) is 19.7 Å². The van der Waals surface area contributed by atoms with Crippen LogP contribution < -0.4 is 5.32 Å². The number of hydrogen-bond donors (Lipinski definition) is 1. The molecule has 0 atom stereocenters. The van der Waals surface area contributed by atoms with Crippen LogP contribution in [0.15, 0.2) is 12.2 Å². The summed E-state index contributed by atoms with van der Waals surface area (Å²) in [6, 6.07) is 0. The largest absolute Gasteiger partial charge is 0.378 e. The highest BCUT2D eigenvalue weighted by atomic mass is 17.0. The van der Waals surface area contributed by atoms with Crippen LogP contribution in [0.3, 0.4) is 0 Å². The first kappa shape index (κ1) is 35.2. The summed E-state index contributed by atoms with van der Waals surface area (Å²) in [5, 5.41) is 11.1. The fourth-order valence-corrected chi connectivity index (χ4v) is 3.67. The van der Waals surface area contributed by atoms with E-state index in [4.69, 9.17) is 4.74 Å². The quantitative estimate of drug-likeness (QED) is 0.0663. The van der Waals surface area contributed by atoms with E-state index in [1.54, 1.807) is 0 Å². The Balaban J connectivity index is 0. The summed E-state index contributed by atoms with van der Waals surface area (Å²) < 4.78 is 4.84. The van der Waals surface area contributed by atoms with E-state index < -0.39 is 5.09 Å². The molecule has 1 N–H and O–H groups in total. The van der Waals surface area contributed by atoms with Crippen LogP contribution in [0.2, 0.25) is 0 Å².